The predicted octanol–water partition coefficient (Wildman–Crippen LogP) is 4.26. The van der Waals surface area contributed by atoms with Crippen LogP contribution in [-0.4, -0.2) is 33.9 Å². The lowest BCUT2D eigenvalue weighted by Crippen LogP contribution is -2.41. The number of halogens is 1. The van der Waals surface area contributed by atoms with Crippen LogP contribution < -0.4 is 9.62 Å². The van der Waals surface area contributed by atoms with E-state index in [0.29, 0.717) is 21.8 Å². The fourth-order valence-electron chi connectivity index (χ4n) is 3.27. The van der Waals surface area contributed by atoms with Crippen molar-refractivity contribution in [2.45, 2.75) is 25.3 Å². The SMILES string of the molecule is COC(=O)c1ccc(CNC(=O)CN(c2cccc(Cl)c2C)S(=O)(=O)c2ccc(C)cc2)cc1. The fraction of sp³-hybridized carbons (Fsp3) is 0.200. The van der Waals surface area contributed by atoms with E-state index in [4.69, 9.17) is 11.6 Å². The number of sulfonamides is 1. The van der Waals surface area contributed by atoms with E-state index in [9.17, 15) is 18.0 Å². The molecule has 0 unspecified atom stereocenters. The summed E-state index contributed by atoms with van der Waals surface area (Å²) < 4.78 is 32.7. The van der Waals surface area contributed by atoms with Crippen molar-refractivity contribution in [1.82, 2.24) is 5.32 Å². The van der Waals surface area contributed by atoms with Gasteiger partial charge in [0.2, 0.25) is 5.91 Å². The van der Waals surface area contributed by atoms with Gasteiger partial charge in [0.05, 0.1) is 23.3 Å². The van der Waals surface area contributed by atoms with Gasteiger partial charge in [0.1, 0.15) is 6.54 Å². The molecule has 3 rings (SSSR count). The minimum atomic E-state index is -4.04. The summed E-state index contributed by atoms with van der Waals surface area (Å²) >= 11 is 6.24. The molecule has 0 aromatic heterocycles. The number of nitrogens with one attached hydrogen (secondary N) is 1. The van der Waals surface area contributed by atoms with E-state index in [-0.39, 0.29) is 11.4 Å². The van der Waals surface area contributed by atoms with Crippen LogP contribution in [0.3, 0.4) is 0 Å². The molecule has 0 spiro atoms. The third-order valence-corrected chi connectivity index (χ3v) is 7.45. The highest BCUT2D eigenvalue weighted by Crippen LogP contribution is 2.30. The number of aryl methyl sites for hydroxylation is 1. The van der Waals surface area contributed by atoms with E-state index in [1.807, 2.05) is 6.92 Å². The van der Waals surface area contributed by atoms with Gasteiger partial charge in [0.25, 0.3) is 10.0 Å². The molecule has 0 atom stereocenters. The number of carbonyl (C=O) groups is 2. The standard InChI is InChI=1S/C25H25ClN2O5S/c1-17-7-13-21(14-8-17)34(31,32)28(23-6-4-5-22(26)18(23)2)16-24(29)27-15-19-9-11-20(12-10-19)25(30)33-3/h4-14H,15-16H2,1-3H3,(H,27,29). The number of hydrogen-bond donors (Lipinski definition) is 1. The average molecular weight is 501 g/mol. The molecular formula is C25H25ClN2O5S. The lowest BCUT2D eigenvalue weighted by Gasteiger charge is -2.26. The number of amides is 1. The minimum Gasteiger partial charge on any atom is -0.465 e. The van der Waals surface area contributed by atoms with Crippen LogP contribution in [0.5, 0.6) is 0 Å². The van der Waals surface area contributed by atoms with Gasteiger partial charge in [0, 0.05) is 11.6 Å². The van der Waals surface area contributed by atoms with Gasteiger partial charge >= 0.3 is 5.97 Å². The Morgan fingerprint density at radius 1 is 0.971 bits per heavy atom. The second-order valence-electron chi connectivity index (χ2n) is 7.67. The largest absolute Gasteiger partial charge is 0.465 e. The first-order valence-corrected chi connectivity index (χ1v) is 12.2. The van der Waals surface area contributed by atoms with Crippen molar-refractivity contribution in [2.75, 3.05) is 18.0 Å². The first kappa shape index (κ1) is 25.3. The van der Waals surface area contributed by atoms with Gasteiger partial charge < -0.3 is 10.1 Å². The summed E-state index contributed by atoms with van der Waals surface area (Å²) in [4.78, 5) is 24.5. The number of benzene rings is 3. The summed E-state index contributed by atoms with van der Waals surface area (Å²) in [5, 5.41) is 3.13. The number of ether oxygens (including phenoxy) is 1. The third-order valence-electron chi connectivity index (χ3n) is 5.27. The van der Waals surface area contributed by atoms with Crippen molar-refractivity contribution >= 4 is 39.2 Å². The molecule has 0 saturated carbocycles. The molecule has 0 saturated heterocycles. The van der Waals surface area contributed by atoms with Crippen molar-refractivity contribution in [2.24, 2.45) is 0 Å². The van der Waals surface area contributed by atoms with Crippen molar-refractivity contribution in [3.8, 4) is 0 Å². The Labute approximate surface area is 204 Å². The molecule has 9 heteroatoms. The Balaban J connectivity index is 1.84. The van der Waals surface area contributed by atoms with Crippen LogP contribution in [0.25, 0.3) is 0 Å². The quantitative estimate of drug-likeness (QED) is 0.467. The van der Waals surface area contributed by atoms with E-state index in [1.165, 1.54) is 19.2 Å². The molecule has 0 aliphatic carbocycles. The molecule has 7 nitrogen and oxygen atoms in total. The minimum absolute atomic E-state index is 0.0728. The fourth-order valence-corrected chi connectivity index (χ4v) is 4.91. The Hall–Kier alpha value is -3.36. The van der Waals surface area contributed by atoms with Gasteiger partial charge in [-0.15, -0.1) is 0 Å². The Bertz CT molecular complexity index is 1290. The van der Waals surface area contributed by atoms with Gasteiger partial charge in [-0.25, -0.2) is 13.2 Å². The van der Waals surface area contributed by atoms with E-state index < -0.39 is 28.4 Å². The molecule has 3 aromatic rings. The smallest absolute Gasteiger partial charge is 0.337 e. The maximum atomic E-state index is 13.5. The van der Waals surface area contributed by atoms with Gasteiger partial charge in [-0.1, -0.05) is 47.5 Å². The molecule has 0 heterocycles. The summed E-state index contributed by atoms with van der Waals surface area (Å²) in [5.74, 6) is -0.948. The van der Waals surface area contributed by atoms with Crippen molar-refractivity contribution in [3.05, 3.63) is 94.0 Å². The van der Waals surface area contributed by atoms with E-state index in [1.54, 1.807) is 61.5 Å². The molecule has 0 radical (unpaired) electrons. The van der Waals surface area contributed by atoms with Crippen LogP contribution in [0.2, 0.25) is 5.02 Å². The topological polar surface area (TPSA) is 92.8 Å². The summed E-state index contributed by atoms with van der Waals surface area (Å²) in [6, 6.07) is 17.9. The monoisotopic (exact) mass is 500 g/mol. The van der Waals surface area contributed by atoms with Crippen LogP contribution in [0.15, 0.2) is 71.6 Å². The number of methoxy groups -OCH3 is 1. The Morgan fingerprint density at radius 3 is 2.24 bits per heavy atom. The lowest BCUT2D eigenvalue weighted by molar-refractivity contribution is -0.119. The van der Waals surface area contributed by atoms with Crippen LogP contribution >= 0.6 is 11.6 Å². The van der Waals surface area contributed by atoms with Crippen molar-refractivity contribution in [3.63, 3.8) is 0 Å². The maximum Gasteiger partial charge on any atom is 0.337 e. The second kappa shape index (κ2) is 10.7. The molecule has 3 aromatic carbocycles. The van der Waals surface area contributed by atoms with E-state index >= 15 is 0 Å². The maximum absolute atomic E-state index is 13.5. The Morgan fingerprint density at radius 2 is 1.62 bits per heavy atom. The molecule has 178 valence electrons. The molecular weight excluding hydrogens is 476 g/mol. The lowest BCUT2D eigenvalue weighted by atomic mass is 10.1. The summed E-state index contributed by atoms with van der Waals surface area (Å²) in [7, 11) is -2.74. The second-order valence-corrected chi connectivity index (χ2v) is 9.94. The van der Waals surface area contributed by atoms with Gasteiger partial charge in [-0.05, 0) is 61.4 Å². The molecule has 34 heavy (non-hydrogen) atoms. The van der Waals surface area contributed by atoms with Crippen molar-refractivity contribution in [1.29, 1.82) is 0 Å². The molecule has 0 fully saturated rings. The molecule has 0 aliphatic rings. The number of esters is 1. The summed E-state index contributed by atoms with van der Waals surface area (Å²) in [5.41, 5.74) is 2.93. The molecule has 1 amide bonds. The zero-order chi connectivity index (χ0) is 24.9. The average Bonchev–Trinajstić information content (AvgIpc) is 2.83. The number of carbonyl (C=O) groups excluding carboxylic acids is 2. The van der Waals surface area contributed by atoms with Crippen LogP contribution in [0.1, 0.15) is 27.0 Å². The number of nitrogens with zero attached hydrogens (tertiary/aromatic N) is 1. The van der Waals surface area contributed by atoms with Crippen LogP contribution in [0.4, 0.5) is 5.69 Å². The molecule has 0 bridgehead atoms. The summed E-state index contributed by atoms with van der Waals surface area (Å²) in [6.45, 7) is 3.29. The predicted molar refractivity (Wildman–Crippen MR) is 132 cm³/mol. The summed E-state index contributed by atoms with van der Waals surface area (Å²) in [6.07, 6.45) is 0. The van der Waals surface area contributed by atoms with Crippen LogP contribution in [-0.2, 0) is 26.1 Å². The Kier molecular flexibility index (Phi) is 7.96. The van der Waals surface area contributed by atoms with E-state index in [0.717, 1.165) is 15.4 Å². The highest BCUT2D eigenvalue weighted by Gasteiger charge is 2.28. The van der Waals surface area contributed by atoms with Crippen molar-refractivity contribution < 1.29 is 22.7 Å². The van der Waals surface area contributed by atoms with Gasteiger partial charge in [-0.2, -0.15) is 0 Å². The van der Waals surface area contributed by atoms with Gasteiger partial charge in [0.15, 0.2) is 0 Å². The zero-order valence-corrected chi connectivity index (χ0v) is 20.6. The highest BCUT2D eigenvalue weighted by atomic mass is 35.5. The zero-order valence-electron chi connectivity index (χ0n) is 19.0. The highest BCUT2D eigenvalue weighted by molar-refractivity contribution is 7.92. The van der Waals surface area contributed by atoms with E-state index in [2.05, 4.69) is 10.1 Å². The first-order valence-electron chi connectivity index (χ1n) is 10.4. The number of rotatable bonds is 8. The molecule has 0 aliphatic heterocycles. The number of anilines is 1. The number of hydrogen-bond acceptors (Lipinski definition) is 5. The molecule has 1 N–H and O–H groups in total. The third kappa shape index (κ3) is 5.76. The normalized spacial score (nSPS) is 11.1. The first-order chi connectivity index (χ1) is 16.1. The van der Waals surface area contributed by atoms with Crippen LogP contribution in [0, 0.1) is 13.8 Å². The van der Waals surface area contributed by atoms with Gasteiger partial charge in [-0.3, -0.25) is 9.10 Å².